The van der Waals surface area contributed by atoms with Gasteiger partial charge < -0.3 is 14.7 Å². The first-order valence-electron chi connectivity index (χ1n) is 4.75. The number of hydrogen-bond donors (Lipinski definition) is 1. The van der Waals surface area contributed by atoms with E-state index in [4.69, 9.17) is 10.2 Å². The Morgan fingerprint density at radius 2 is 2.25 bits per heavy atom. The lowest BCUT2D eigenvalue weighted by molar-refractivity contribution is 0.0969. The van der Waals surface area contributed by atoms with Crippen LogP contribution in [-0.4, -0.2) is 22.8 Å². The van der Waals surface area contributed by atoms with Gasteiger partial charge in [-0.05, 0) is 25.5 Å². The maximum absolute atomic E-state index is 11.6. The Hall–Kier alpha value is -1.18. The predicted octanol–water partition coefficient (Wildman–Crippen LogP) is 1.03. The van der Waals surface area contributed by atoms with Crippen LogP contribution in [0.25, 0.3) is 0 Å². The van der Waals surface area contributed by atoms with E-state index in [1.54, 1.807) is 0 Å². The van der Waals surface area contributed by atoms with Crippen molar-refractivity contribution in [2.24, 2.45) is 10.9 Å². The minimum atomic E-state index is -1.30. The maximum Gasteiger partial charge on any atom is 0.351 e. The van der Waals surface area contributed by atoms with Gasteiger partial charge >= 0.3 is 11.0 Å². The van der Waals surface area contributed by atoms with Crippen molar-refractivity contribution in [1.29, 1.82) is 0 Å². The Morgan fingerprint density at radius 1 is 1.50 bits per heavy atom. The molecule has 0 aliphatic carbocycles. The van der Waals surface area contributed by atoms with Crippen molar-refractivity contribution in [3.8, 4) is 0 Å². The molecule has 0 radical (unpaired) electrons. The van der Waals surface area contributed by atoms with Crippen LogP contribution in [-0.2, 0) is 11.2 Å². The highest BCUT2D eigenvalue weighted by Crippen LogP contribution is 2.17. The number of unbranched alkanes of at least 4 members (excludes halogenated alkanes) is 1. The molecule has 1 amide bonds. The second-order valence-electron chi connectivity index (χ2n) is 3.06. The summed E-state index contributed by atoms with van der Waals surface area (Å²) in [4.78, 5) is 20.8. The third-order valence-electron chi connectivity index (χ3n) is 1.88. The summed E-state index contributed by atoms with van der Waals surface area (Å²) in [6.45, 7) is 0.550. The van der Waals surface area contributed by atoms with E-state index >= 15 is 0 Å². The molecule has 0 saturated heterocycles. The van der Waals surface area contributed by atoms with Gasteiger partial charge in [-0.3, -0.25) is 4.79 Å². The molecule has 7 heteroatoms. The topological polar surface area (TPSA) is 109 Å². The minimum Gasteiger partial charge on any atom is -0.609 e. The molecule has 0 aliphatic rings. The van der Waals surface area contributed by atoms with Gasteiger partial charge in [0.15, 0.2) is 0 Å². The van der Waals surface area contributed by atoms with Gasteiger partial charge in [0, 0.05) is 22.4 Å². The second-order valence-corrected chi connectivity index (χ2v) is 4.56. The molecule has 0 fully saturated rings. The van der Waals surface area contributed by atoms with Gasteiger partial charge in [-0.25, -0.2) is 0 Å². The molecule has 1 unspecified atom stereocenters. The first-order chi connectivity index (χ1) is 7.69. The summed E-state index contributed by atoms with van der Waals surface area (Å²) in [5.41, 5.74) is 5.30. The number of nitrogens with zero attached hydrogens (tertiary/aromatic N) is 1. The van der Waals surface area contributed by atoms with Crippen molar-refractivity contribution in [1.82, 2.24) is 0 Å². The molecular formula is C9H12N2O4S. The smallest absolute Gasteiger partial charge is 0.351 e. The van der Waals surface area contributed by atoms with E-state index in [1.807, 2.05) is 0 Å². The predicted molar refractivity (Wildman–Crippen MR) is 58.4 cm³/mol. The van der Waals surface area contributed by atoms with E-state index in [0.717, 1.165) is 12.8 Å². The zero-order chi connectivity index (χ0) is 12.0. The van der Waals surface area contributed by atoms with Crippen LogP contribution >= 0.6 is 0 Å². The molecule has 1 heterocycles. The Bertz CT molecular complexity index is 366. The summed E-state index contributed by atoms with van der Waals surface area (Å²) in [6.07, 6.45) is 1.51. The summed E-state index contributed by atoms with van der Waals surface area (Å²) in [5, 5.41) is 2.39. The molecule has 0 bridgehead atoms. The lowest BCUT2D eigenvalue weighted by Gasteiger charge is -2.05. The lowest BCUT2D eigenvalue weighted by atomic mass is 10.3. The van der Waals surface area contributed by atoms with Gasteiger partial charge in [0.1, 0.15) is 5.75 Å². The number of furan rings is 1. The number of hydrogen-bond acceptors (Lipinski definition) is 5. The van der Waals surface area contributed by atoms with Gasteiger partial charge in [0.25, 0.3) is 0 Å². The van der Waals surface area contributed by atoms with E-state index in [1.165, 1.54) is 12.1 Å². The highest BCUT2D eigenvalue weighted by Gasteiger charge is 2.19. The van der Waals surface area contributed by atoms with Crippen LogP contribution in [0.3, 0.4) is 0 Å². The van der Waals surface area contributed by atoms with Crippen LogP contribution in [0.1, 0.15) is 23.4 Å². The van der Waals surface area contributed by atoms with Crippen molar-refractivity contribution in [2.45, 2.75) is 17.9 Å². The molecule has 2 N–H and O–H groups in total. The Labute approximate surface area is 95.3 Å². The van der Waals surface area contributed by atoms with E-state index < -0.39 is 17.1 Å². The fourth-order valence-corrected chi connectivity index (χ4v) is 2.15. The molecule has 1 atom stereocenters. The molecule has 1 aromatic rings. The number of rotatable bonds is 6. The average molecular weight is 244 g/mol. The van der Waals surface area contributed by atoms with E-state index in [-0.39, 0.29) is 10.9 Å². The van der Waals surface area contributed by atoms with Crippen LogP contribution < -0.4 is 5.73 Å². The molecule has 0 spiro atoms. The standard InChI is InChI=1S/C9H12N2O4S/c10-5-1-2-6-16(14)8-4-3-7(15-8)9(12)11-13/h3-4H,1-2,5-6,10H2. The molecular weight excluding hydrogens is 232 g/mol. The van der Waals surface area contributed by atoms with Crippen LogP contribution in [0.15, 0.2) is 26.8 Å². The molecule has 16 heavy (non-hydrogen) atoms. The number of nitroso groups, excluding NO2 is 1. The summed E-state index contributed by atoms with van der Waals surface area (Å²) in [7, 11) is 0. The van der Waals surface area contributed by atoms with Gasteiger partial charge in [-0.1, -0.05) is 0 Å². The van der Waals surface area contributed by atoms with Gasteiger partial charge in [0.2, 0.25) is 5.76 Å². The molecule has 6 nitrogen and oxygen atoms in total. The van der Waals surface area contributed by atoms with Crippen LogP contribution in [0.2, 0.25) is 0 Å². The van der Waals surface area contributed by atoms with Gasteiger partial charge in [0.05, 0.1) is 0 Å². The van der Waals surface area contributed by atoms with Crippen molar-refractivity contribution >= 4 is 17.1 Å². The van der Waals surface area contributed by atoms with Crippen molar-refractivity contribution in [2.75, 3.05) is 12.3 Å². The first kappa shape index (κ1) is 12.9. The highest BCUT2D eigenvalue weighted by atomic mass is 32.2. The van der Waals surface area contributed by atoms with E-state index in [2.05, 4.69) is 5.18 Å². The second kappa shape index (κ2) is 6.41. The molecule has 1 aromatic heterocycles. The van der Waals surface area contributed by atoms with Crippen molar-refractivity contribution in [3.05, 3.63) is 22.8 Å². The molecule has 0 saturated carbocycles. The van der Waals surface area contributed by atoms with Gasteiger partial charge in [-0.2, -0.15) is 0 Å². The third-order valence-corrected chi connectivity index (χ3v) is 3.21. The molecule has 0 aromatic carbocycles. The quantitative estimate of drug-likeness (QED) is 0.456. The lowest BCUT2D eigenvalue weighted by Crippen LogP contribution is -2.08. The number of nitrogens with two attached hydrogens (primary N) is 1. The highest BCUT2D eigenvalue weighted by molar-refractivity contribution is 7.91. The summed E-state index contributed by atoms with van der Waals surface area (Å²) < 4.78 is 16.6. The largest absolute Gasteiger partial charge is 0.609 e. The van der Waals surface area contributed by atoms with Crippen LogP contribution in [0.4, 0.5) is 0 Å². The SMILES string of the molecule is NCCCC[S+]([O-])c1ccc(C(=O)N=O)o1. The third kappa shape index (κ3) is 3.44. The fraction of sp³-hybridized carbons (Fsp3) is 0.444. The Balaban J connectivity index is 2.56. The van der Waals surface area contributed by atoms with E-state index in [0.29, 0.717) is 12.3 Å². The Morgan fingerprint density at radius 3 is 2.88 bits per heavy atom. The van der Waals surface area contributed by atoms with E-state index in [9.17, 15) is 14.3 Å². The zero-order valence-corrected chi connectivity index (χ0v) is 9.37. The fourth-order valence-electron chi connectivity index (χ4n) is 1.08. The average Bonchev–Trinajstić information content (AvgIpc) is 2.77. The first-order valence-corrected chi connectivity index (χ1v) is 6.07. The number of amides is 1. The van der Waals surface area contributed by atoms with Crippen molar-refractivity contribution in [3.63, 3.8) is 0 Å². The van der Waals surface area contributed by atoms with Crippen molar-refractivity contribution < 1.29 is 13.8 Å². The van der Waals surface area contributed by atoms with Gasteiger partial charge in [-0.15, -0.1) is 4.91 Å². The number of carbonyl (C=O) groups excluding carboxylic acids is 1. The molecule has 1 rings (SSSR count). The summed E-state index contributed by atoms with van der Waals surface area (Å²) >= 11 is -1.30. The minimum absolute atomic E-state index is 0.183. The molecule has 88 valence electrons. The van der Waals surface area contributed by atoms with Crippen LogP contribution in [0, 0.1) is 4.91 Å². The Kier molecular flexibility index (Phi) is 5.17. The molecule has 0 aliphatic heterocycles. The zero-order valence-electron chi connectivity index (χ0n) is 8.55. The summed E-state index contributed by atoms with van der Waals surface area (Å²) in [6, 6.07) is 2.71. The number of carbonyl (C=O) groups is 1. The summed E-state index contributed by atoms with van der Waals surface area (Å²) in [5.74, 6) is -0.755. The maximum atomic E-state index is 11.6. The monoisotopic (exact) mass is 244 g/mol. The van der Waals surface area contributed by atoms with Crippen LogP contribution in [0.5, 0.6) is 0 Å². The normalized spacial score (nSPS) is 12.4.